The van der Waals surface area contributed by atoms with Gasteiger partial charge in [0.05, 0.1) is 13.2 Å². The molecule has 0 bridgehead atoms. The van der Waals surface area contributed by atoms with Crippen LogP contribution < -0.4 is 5.32 Å². The van der Waals surface area contributed by atoms with Gasteiger partial charge < -0.3 is 15.2 Å². The quantitative estimate of drug-likeness (QED) is 0.850. The van der Waals surface area contributed by atoms with E-state index in [1.54, 1.807) is 11.3 Å². The highest BCUT2D eigenvalue weighted by Gasteiger charge is 2.40. The van der Waals surface area contributed by atoms with Crippen LogP contribution >= 0.6 is 11.3 Å². The van der Waals surface area contributed by atoms with Gasteiger partial charge in [0, 0.05) is 24.7 Å². The smallest absolute Gasteiger partial charge is 0.131 e. The number of nitrogens with zero attached hydrogens (tertiary/aromatic N) is 2. The summed E-state index contributed by atoms with van der Waals surface area (Å²) in [5.74, 6) is 0. The van der Waals surface area contributed by atoms with Crippen LogP contribution in [-0.4, -0.2) is 35.1 Å². The van der Waals surface area contributed by atoms with Gasteiger partial charge in [-0.05, 0) is 25.3 Å². The number of aliphatic hydroxyl groups excluding tert-OH is 1. The van der Waals surface area contributed by atoms with Crippen molar-refractivity contribution >= 4 is 11.3 Å². The predicted octanol–water partition coefficient (Wildman–Crippen LogP) is 2.47. The molecule has 1 aliphatic rings. The van der Waals surface area contributed by atoms with E-state index < -0.39 is 0 Å². The Bertz CT molecular complexity index is 611. The predicted molar refractivity (Wildman–Crippen MR) is 90.2 cm³/mol. The van der Waals surface area contributed by atoms with Crippen LogP contribution in [-0.2, 0) is 11.3 Å². The van der Waals surface area contributed by atoms with Crippen LogP contribution in [0.4, 0.5) is 0 Å². The van der Waals surface area contributed by atoms with Gasteiger partial charge in [-0.2, -0.15) is 0 Å². The second-order valence-corrected chi connectivity index (χ2v) is 7.34. The highest BCUT2D eigenvalue weighted by Crippen LogP contribution is 2.42. The summed E-state index contributed by atoms with van der Waals surface area (Å²) >= 11 is 1.61. The summed E-state index contributed by atoms with van der Waals surface area (Å²) in [5, 5.41) is 24.0. The summed E-state index contributed by atoms with van der Waals surface area (Å²) in [6.07, 6.45) is 1.70. The molecule has 2 heterocycles. The van der Waals surface area contributed by atoms with Crippen LogP contribution in [0.2, 0.25) is 0 Å². The van der Waals surface area contributed by atoms with E-state index in [0.717, 1.165) is 22.9 Å². The van der Waals surface area contributed by atoms with Gasteiger partial charge in [0.1, 0.15) is 10.0 Å². The molecule has 2 aromatic rings. The lowest BCUT2D eigenvalue weighted by molar-refractivity contribution is -0.0387. The van der Waals surface area contributed by atoms with Crippen molar-refractivity contribution in [1.82, 2.24) is 15.5 Å². The van der Waals surface area contributed by atoms with Crippen LogP contribution in [0.1, 0.15) is 34.5 Å². The molecule has 0 amide bonds. The molecular formula is C17H23N3O2S. The van der Waals surface area contributed by atoms with Crippen LogP contribution in [0, 0.1) is 12.3 Å². The minimum Gasteiger partial charge on any atom is -0.396 e. The Morgan fingerprint density at radius 3 is 2.61 bits per heavy atom. The summed E-state index contributed by atoms with van der Waals surface area (Å²) in [6.45, 7) is 4.17. The van der Waals surface area contributed by atoms with E-state index in [0.29, 0.717) is 19.8 Å². The number of benzene rings is 1. The Hall–Kier alpha value is -1.34. The molecule has 6 heteroatoms. The Labute approximate surface area is 140 Å². The maximum atomic E-state index is 10.2. The van der Waals surface area contributed by atoms with E-state index in [1.165, 1.54) is 5.56 Å². The van der Waals surface area contributed by atoms with Crippen molar-refractivity contribution in [2.24, 2.45) is 5.41 Å². The van der Waals surface area contributed by atoms with Gasteiger partial charge in [0.25, 0.3) is 0 Å². The van der Waals surface area contributed by atoms with Crippen LogP contribution in [0.5, 0.6) is 0 Å². The van der Waals surface area contributed by atoms with Gasteiger partial charge in [0.15, 0.2) is 0 Å². The fourth-order valence-electron chi connectivity index (χ4n) is 3.25. The number of aliphatic hydroxyl groups is 1. The molecular weight excluding hydrogens is 310 g/mol. The standard InChI is InChI=1S/C17H23N3O2S/c1-13-19-20-15(23-13)11-18-16(14-5-3-2-4-6-14)17(12-21)7-9-22-10-8-17/h2-6,16,18,21H,7-12H2,1H3/t16-/m1/s1. The fourth-order valence-corrected chi connectivity index (χ4v) is 3.91. The zero-order chi connectivity index (χ0) is 16.1. The Kier molecular flexibility index (Phi) is 5.38. The molecule has 1 fully saturated rings. The molecule has 1 aliphatic heterocycles. The molecule has 1 aromatic carbocycles. The molecule has 1 saturated heterocycles. The number of rotatable bonds is 6. The van der Waals surface area contributed by atoms with E-state index >= 15 is 0 Å². The van der Waals surface area contributed by atoms with Crippen LogP contribution in [0.3, 0.4) is 0 Å². The third-order valence-electron chi connectivity index (χ3n) is 4.57. The molecule has 2 N–H and O–H groups in total. The largest absolute Gasteiger partial charge is 0.396 e. The maximum absolute atomic E-state index is 10.2. The first-order valence-corrected chi connectivity index (χ1v) is 8.81. The van der Waals surface area contributed by atoms with Crippen molar-refractivity contribution in [3.05, 3.63) is 45.9 Å². The molecule has 5 nitrogen and oxygen atoms in total. The summed E-state index contributed by atoms with van der Waals surface area (Å²) in [4.78, 5) is 0. The van der Waals surface area contributed by atoms with Gasteiger partial charge in [-0.1, -0.05) is 30.3 Å². The number of hydrogen-bond acceptors (Lipinski definition) is 6. The SMILES string of the molecule is Cc1nnc(CN[C@H](c2ccccc2)C2(CO)CCOCC2)s1. The second kappa shape index (κ2) is 7.49. The normalized spacial score (nSPS) is 18.7. The third kappa shape index (κ3) is 3.77. The highest BCUT2D eigenvalue weighted by molar-refractivity contribution is 7.11. The second-order valence-electron chi connectivity index (χ2n) is 6.07. The molecule has 124 valence electrons. The number of ether oxygens (including phenoxy) is 1. The Morgan fingerprint density at radius 1 is 1.26 bits per heavy atom. The maximum Gasteiger partial charge on any atom is 0.131 e. The summed E-state index contributed by atoms with van der Waals surface area (Å²) < 4.78 is 5.52. The van der Waals surface area contributed by atoms with E-state index in [-0.39, 0.29) is 18.1 Å². The van der Waals surface area contributed by atoms with Crippen molar-refractivity contribution in [3.63, 3.8) is 0 Å². The first-order valence-electron chi connectivity index (χ1n) is 7.99. The molecule has 0 spiro atoms. The molecule has 23 heavy (non-hydrogen) atoms. The monoisotopic (exact) mass is 333 g/mol. The van der Waals surface area contributed by atoms with Gasteiger partial charge in [-0.25, -0.2) is 0 Å². The topological polar surface area (TPSA) is 67.3 Å². The zero-order valence-corrected chi connectivity index (χ0v) is 14.2. The molecule has 3 rings (SSSR count). The first kappa shape index (κ1) is 16.5. The van der Waals surface area contributed by atoms with Gasteiger partial charge in [-0.3, -0.25) is 0 Å². The molecule has 1 aromatic heterocycles. The van der Waals surface area contributed by atoms with E-state index in [4.69, 9.17) is 4.74 Å². The van der Waals surface area contributed by atoms with E-state index in [2.05, 4.69) is 27.6 Å². The Balaban J connectivity index is 1.84. The lowest BCUT2D eigenvalue weighted by atomic mass is 9.72. The van der Waals surface area contributed by atoms with Crippen molar-refractivity contribution in [1.29, 1.82) is 0 Å². The zero-order valence-electron chi connectivity index (χ0n) is 13.4. The first-order chi connectivity index (χ1) is 11.2. The summed E-state index contributed by atoms with van der Waals surface area (Å²) in [5.41, 5.74) is 1.00. The lowest BCUT2D eigenvalue weighted by Gasteiger charge is -2.42. The van der Waals surface area contributed by atoms with Crippen molar-refractivity contribution < 1.29 is 9.84 Å². The third-order valence-corrected chi connectivity index (χ3v) is 5.41. The van der Waals surface area contributed by atoms with Gasteiger partial charge in [0.2, 0.25) is 0 Å². The Morgan fingerprint density at radius 2 is 2.00 bits per heavy atom. The highest BCUT2D eigenvalue weighted by atomic mass is 32.1. The molecule has 0 radical (unpaired) electrons. The van der Waals surface area contributed by atoms with Crippen molar-refractivity contribution in [2.75, 3.05) is 19.8 Å². The van der Waals surface area contributed by atoms with Crippen molar-refractivity contribution in [2.45, 2.75) is 32.4 Å². The number of nitrogens with one attached hydrogen (secondary N) is 1. The molecule has 0 unspecified atom stereocenters. The average molecular weight is 333 g/mol. The van der Waals surface area contributed by atoms with E-state index in [9.17, 15) is 5.11 Å². The van der Waals surface area contributed by atoms with Gasteiger partial charge in [-0.15, -0.1) is 21.5 Å². The fraction of sp³-hybridized carbons (Fsp3) is 0.529. The van der Waals surface area contributed by atoms with Crippen LogP contribution in [0.25, 0.3) is 0 Å². The minimum absolute atomic E-state index is 0.0711. The van der Waals surface area contributed by atoms with Crippen molar-refractivity contribution in [3.8, 4) is 0 Å². The number of aryl methyl sites for hydroxylation is 1. The minimum atomic E-state index is -0.195. The van der Waals surface area contributed by atoms with E-state index in [1.807, 2.05) is 25.1 Å². The molecule has 0 aliphatic carbocycles. The number of hydrogen-bond donors (Lipinski definition) is 2. The summed E-state index contributed by atoms with van der Waals surface area (Å²) in [7, 11) is 0. The lowest BCUT2D eigenvalue weighted by Crippen LogP contribution is -2.44. The van der Waals surface area contributed by atoms with Gasteiger partial charge >= 0.3 is 0 Å². The number of aromatic nitrogens is 2. The average Bonchev–Trinajstić information content (AvgIpc) is 3.02. The summed E-state index contributed by atoms with van der Waals surface area (Å²) in [6, 6.07) is 10.4. The molecule has 0 saturated carbocycles. The molecule has 1 atom stereocenters. The van der Waals surface area contributed by atoms with Crippen LogP contribution in [0.15, 0.2) is 30.3 Å².